The average molecular weight is 1470 g/mol. The Balaban J connectivity index is 5.24. The Morgan fingerprint density at radius 1 is 0.270 bits per heavy atom. The highest BCUT2D eigenvalue weighted by molar-refractivity contribution is 7.47. The van der Waals surface area contributed by atoms with Gasteiger partial charge in [0.25, 0.3) is 0 Å². The van der Waals surface area contributed by atoms with Gasteiger partial charge in [0.1, 0.15) is 19.3 Å². The van der Waals surface area contributed by atoms with Gasteiger partial charge in [-0.3, -0.25) is 37.3 Å². The van der Waals surface area contributed by atoms with Crippen LogP contribution in [0.15, 0.2) is 0 Å². The second kappa shape index (κ2) is 73.9. The number of phosphoric acid groups is 2. The van der Waals surface area contributed by atoms with E-state index in [9.17, 15) is 43.2 Å². The molecule has 0 spiro atoms. The number of phosphoric ester groups is 2. The standard InChI is InChI=1S/C81H158O17P2/c1-6-9-12-15-18-21-24-27-30-31-32-33-34-35-38-41-46-52-57-62-67-81(86)97-76(70-91-78(83)64-59-54-49-44-39-36-28-25-22-19-16-13-10-7-2)72-95-99(87,88)93-68-75(82)69-94-100(89,90)96-73-77(71-92-79(84)65-60-55-50-47-42-43-48-53-58-63-74(4)5)98-80(85)66-61-56-51-45-40-37-29-26-23-20-17-14-11-8-3/h74-77,82H,6-73H2,1-5H3,(H,87,88)(H,89,90)/t75-,76-,77-/m1/s1. The van der Waals surface area contributed by atoms with Crippen LogP contribution in [0.25, 0.3) is 0 Å². The van der Waals surface area contributed by atoms with Gasteiger partial charge in [0, 0.05) is 25.7 Å². The van der Waals surface area contributed by atoms with Crippen LogP contribution in [0.3, 0.4) is 0 Å². The molecule has 0 aromatic carbocycles. The van der Waals surface area contributed by atoms with Crippen molar-refractivity contribution in [1.82, 2.24) is 0 Å². The molecular weight excluding hydrogens is 1310 g/mol. The third-order valence-corrected chi connectivity index (χ3v) is 20.9. The SMILES string of the molecule is CCCCCCCCCCCCCCCCCCCCCCC(=O)O[C@H](COC(=O)CCCCCCCCCCCCCCCC)COP(=O)(O)OC[C@@H](O)COP(=O)(O)OC[C@@H](COC(=O)CCCCCCCCCCCC(C)C)OC(=O)CCCCCCCCCCCCCCCC. The fourth-order valence-corrected chi connectivity index (χ4v) is 14.2. The van der Waals surface area contributed by atoms with E-state index in [-0.39, 0.29) is 25.7 Å². The lowest BCUT2D eigenvalue weighted by Crippen LogP contribution is -2.30. The minimum atomic E-state index is -4.96. The number of aliphatic hydroxyl groups excluding tert-OH is 1. The van der Waals surface area contributed by atoms with Gasteiger partial charge in [0.05, 0.1) is 26.4 Å². The summed E-state index contributed by atoms with van der Waals surface area (Å²) in [5, 5.41) is 10.6. The Kier molecular flexibility index (Phi) is 72.5. The van der Waals surface area contributed by atoms with Crippen LogP contribution in [0.5, 0.6) is 0 Å². The number of carbonyl (C=O) groups is 4. The third-order valence-electron chi connectivity index (χ3n) is 19.0. The van der Waals surface area contributed by atoms with E-state index in [0.29, 0.717) is 25.7 Å². The summed E-state index contributed by atoms with van der Waals surface area (Å²) in [6, 6.07) is 0. The molecule has 100 heavy (non-hydrogen) atoms. The molecule has 5 atom stereocenters. The Bertz CT molecular complexity index is 1910. The third kappa shape index (κ3) is 74.3. The summed E-state index contributed by atoms with van der Waals surface area (Å²) in [5.74, 6) is -1.36. The number of carbonyl (C=O) groups excluding carboxylic acids is 4. The number of unbranched alkanes of at least 4 members (excludes halogenated alkanes) is 53. The van der Waals surface area contributed by atoms with Gasteiger partial charge < -0.3 is 33.8 Å². The Labute approximate surface area is 613 Å². The summed E-state index contributed by atoms with van der Waals surface area (Å²) >= 11 is 0. The molecule has 19 heteroatoms. The Hall–Kier alpha value is -1.94. The van der Waals surface area contributed by atoms with Gasteiger partial charge in [0.2, 0.25) is 0 Å². The molecule has 17 nitrogen and oxygen atoms in total. The van der Waals surface area contributed by atoms with Gasteiger partial charge >= 0.3 is 39.5 Å². The molecule has 3 N–H and O–H groups in total. The first-order chi connectivity index (χ1) is 48.5. The number of ether oxygens (including phenoxy) is 4. The minimum Gasteiger partial charge on any atom is -0.462 e. The molecule has 0 radical (unpaired) electrons. The van der Waals surface area contributed by atoms with Crippen LogP contribution >= 0.6 is 15.6 Å². The van der Waals surface area contributed by atoms with Crippen molar-refractivity contribution in [3.63, 3.8) is 0 Å². The normalized spacial score (nSPS) is 13.8. The highest BCUT2D eigenvalue weighted by Crippen LogP contribution is 2.45. The van der Waals surface area contributed by atoms with Crippen LogP contribution in [-0.4, -0.2) is 96.7 Å². The maximum atomic E-state index is 13.1. The zero-order chi connectivity index (χ0) is 73.4. The quantitative estimate of drug-likeness (QED) is 0.0222. The van der Waals surface area contributed by atoms with E-state index < -0.39 is 97.5 Å². The summed E-state index contributed by atoms with van der Waals surface area (Å²) in [4.78, 5) is 73.0. The predicted octanol–water partition coefficient (Wildman–Crippen LogP) is 24.4. The fraction of sp³-hybridized carbons (Fsp3) is 0.951. The zero-order valence-corrected chi connectivity index (χ0v) is 67.1. The first-order valence-corrected chi connectivity index (χ1v) is 45.1. The van der Waals surface area contributed by atoms with Gasteiger partial charge in [-0.25, -0.2) is 9.13 Å². The molecule has 0 aliphatic heterocycles. The summed E-state index contributed by atoms with van der Waals surface area (Å²) in [5.41, 5.74) is 0. The summed E-state index contributed by atoms with van der Waals surface area (Å²) in [6.07, 6.45) is 65.1. The molecule has 2 unspecified atom stereocenters. The molecule has 0 aromatic rings. The van der Waals surface area contributed by atoms with E-state index >= 15 is 0 Å². The molecule has 0 amide bonds. The molecule has 0 aliphatic rings. The van der Waals surface area contributed by atoms with Crippen LogP contribution in [0, 0.1) is 5.92 Å². The number of aliphatic hydroxyl groups is 1. The van der Waals surface area contributed by atoms with Gasteiger partial charge in [-0.2, -0.15) is 0 Å². The molecular formula is C81H158O17P2. The van der Waals surface area contributed by atoms with E-state index in [1.165, 1.54) is 257 Å². The summed E-state index contributed by atoms with van der Waals surface area (Å²) in [6.45, 7) is 7.32. The van der Waals surface area contributed by atoms with Crippen LogP contribution in [-0.2, 0) is 65.4 Å². The zero-order valence-electron chi connectivity index (χ0n) is 65.3. The highest BCUT2D eigenvalue weighted by Gasteiger charge is 2.30. The van der Waals surface area contributed by atoms with E-state index in [4.69, 9.17) is 37.0 Å². The first-order valence-electron chi connectivity index (χ1n) is 42.1. The fourth-order valence-electron chi connectivity index (χ4n) is 12.6. The molecule has 0 aliphatic carbocycles. The van der Waals surface area contributed by atoms with Gasteiger partial charge in [-0.15, -0.1) is 0 Å². The van der Waals surface area contributed by atoms with Crippen molar-refractivity contribution in [2.24, 2.45) is 5.92 Å². The van der Waals surface area contributed by atoms with Crippen molar-refractivity contribution >= 4 is 39.5 Å². The highest BCUT2D eigenvalue weighted by atomic mass is 31.2. The number of rotatable bonds is 81. The largest absolute Gasteiger partial charge is 0.472 e. The molecule has 594 valence electrons. The monoisotopic (exact) mass is 1470 g/mol. The molecule has 0 heterocycles. The molecule has 0 fully saturated rings. The second-order valence-corrected chi connectivity index (χ2v) is 32.5. The van der Waals surface area contributed by atoms with Crippen molar-refractivity contribution in [3.05, 3.63) is 0 Å². The maximum Gasteiger partial charge on any atom is 0.472 e. The van der Waals surface area contributed by atoms with E-state index in [0.717, 1.165) is 95.8 Å². The number of hydrogen-bond acceptors (Lipinski definition) is 15. The van der Waals surface area contributed by atoms with E-state index in [2.05, 4.69) is 34.6 Å². The van der Waals surface area contributed by atoms with Crippen LogP contribution < -0.4 is 0 Å². The van der Waals surface area contributed by atoms with Crippen LogP contribution in [0.4, 0.5) is 0 Å². The lowest BCUT2D eigenvalue weighted by molar-refractivity contribution is -0.161. The molecule has 0 rings (SSSR count). The van der Waals surface area contributed by atoms with E-state index in [1.807, 2.05) is 0 Å². The predicted molar refractivity (Wildman–Crippen MR) is 409 cm³/mol. The topological polar surface area (TPSA) is 237 Å². The van der Waals surface area contributed by atoms with Crippen LogP contribution in [0.2, 0.25) is 0 Å². The second-order valence-electron chi connectivity index (χ2n) is 29.6. The van der Waals surface area contributed by atoms with Crippen LogP contribution in [0.1, 0.15) is 433 Å². The number of esters is 4. The Morgan fingerprint density at radius 3 is 0.680 bits per heavy atom. The van der Waals surface area contributed by atoms with Crippen molar-refractivity contribution < 1.29 is 80.2 Å². The van der Waals surface area contributed by atoms with Crippen molar-refractivity contribution in [1.29, 1.82) is 0 Å². The summed E-state index contributed by atoms with van der Waals surface area (Å²) < 4.78 is 68.7. The van der Waals surface area contributed by atoms with Crippen molar-refractivity contribution in [2.75, 3.05) is 39.6 Å². The Morgan fingerprint density at radius 2 is 0.460 bits per heavy atom. The van der Waals surface area contributed by atoms with Crippen molar-refractivity contribution in [3.8, 4) is 0 Å². The molecule has 0 saturated carbocycles. The molecule has 0 saturated heterocycles. The molecule has 0 aromatic heterocycles. The average Bonchev–Trinajstić information content (AvgIpc) is 1.01. The molecule has 0 bridgehead atoms. The van der Waals surface area contributed by atoms with Gasteiger partial charge in [-0.1, -0.05) is 381 Å². The maximum absolute atomic E-state index is 13.1. The lowest BCUT2D eigenvalue weighted by atomic mass is 10.0. The van der Waals surface area contributed by atoms with Gasteiger partial charge in [-0.05, 0) is 31.6 Å². The smallest absolute Gasteiger partial charge is 0.462 e. The lowest BCUT2D eigenvalue weighted by Gasteiger charge is -2.21. The van der Waals surface area contributed by atoms with Crippen molar-refractivity contribution in [2.45, 2.75) is 451 Å². The number of hydrogen-bond donors (Lipinski definition) is 3. The summed E-state index contributed by atoms with van der Waals surface area (Å²) in [7, 11) is -9.92. The van der Waals surface area contributed by atoms with E-state index in [1.54, 1.807) is 0 Å². The minimum absolute atomic E-state index is 0.108. The first kappa shape index (κ1) is 98.1. The van der Waals surface area contributed by atoms with Gasteiger partial charge in [0.15, 0.2) is 12.2 Å².